The van der Waals surface area contributed by atoms with E-state index in [-0.39, 0.29) is 5.41 Å². The van der Waals surface area contributed by atoms with Crippen LogP contribution in [0.4, 0.5) is 0 Å². The van der Waals surface area contributed by atoms with Crippen LogP contribution < -0.4 is 0 Å². The Morgan fingerprint density at radius 2 is 1.73 bits per heavy atom. The standard InChI is InChI=1S/C10H17ClO3S/c1-9(4-6-14-7-5-9)8-10(2-3-10)15(11,12)13/h2-8H2,1H3. The van der Waals surface area contributed by atoms with Crippen molar-refractivity contribution < 1.29 is 13.2 Å². The number of rotatable bonds is 3. The smallest absolute Gasteiger partial charge is 0.238 e. The number of hydrogen-bond donors (Lipinski definition) is 0. The van der Waals surface area contributed by atoms with Crippen molar-refractivity contribution in [2.45, 2.75) is 43.8 Å². The van der Waals surface area contributed by atoms with Gasteiger partial charge in [-0.2, -0.15) is 0 Å². The molecule has 1 heterocycles. The molecule has 2 rings (SSSR count). The van der Waals surface area contributed by atoms with E-state index in [2.05, 4.69) is 6.92 Å². The second-order valence-electron chi connectivity index (χ2n) is 5.22. The first-order valence-electron chi connectivity index (χ1n) is 5.39. The summed E-state index contributed by atoms with van der Waals surface area (Å²) in [6.45, 7) is 3.64. The maximum absolute atomic E-state index is 11.5. The first-order chi connectivity index (χ1) is 6.87. The van der Waals surface area contributed by atoms with Crippen molar-refractivity contribution in [1.82, 2.24) is 0 Å². The second-order valence-corrected chi connectivity index (χ2v) is 8.18. The summed E-state index contributed by atoms with van der Waals surface area (Å²) >= 11 is 0. The minimum Gasteiger partial charge on any atom is -0.381 e. The molecule has 1 saturated heterocycles. The van der Waals surface area contributed by atoms with E-state index in [0.29, 0.717) is 6.42 Å². The predicted molar refractivity (Wildman–Crippen MR) is 59.5 cm³/mol. The Labute approximate surface area is 95.6 Å². The van der Waals surface area contributed by atoms with E-state index in [1.165, 1.54) is 0 Å². The quantitative estimate of drug-likeness (QED) is 0.724. The molecule has 88 valence electrons. The Morgan fingerprint density at radius 3 is 2.13 bits per heavy atom. The zero-order chi connectivity index (χ0) is 11.2. The molecule has 0 aromatic rings. The maximum atomic E-state index is 11.5. The van der Waals surface area contributed by atoms with Crippen molar-refractivity contribution in [2.75, 3.05) is 13.2 Å². The lowest BCUT2D eigenvalue weighted by Crippen LogP contribution is -2.33. The maximum Gasteiger partial charge on any atom is 0.238 e. The summed E-state index contributed by atoms with van der Waals surface area (Å²) in [5, 5.41) is 0. The molecule has 0 spiro atoms. The van der Waals surface area contributed by atoms with E-state index in [1.807, 2.05) is 0 Å². The fraction of sp³-hybridized carbons (Fsp3) is 1.00. The molecule has 0 aromatic heterocycles. The van der Waals surface area contributed by atoms with E-state index >= 15 is 0 Å². The Kier molecular flexibility index (Phi) is 2.81. The molecule has 15 heavy (non-hydrogen) atoms. The first-order valence-corrected chi connectivity index (χ1v) is 7.70. The molecular weight excluding hydrogens is 236 g/mol. The lowest BCUT2D eigenvalue weighted by atomic mass is 9.78. The molecular formula is C10H17ClO3S. The normalized spacial score (nSPS) is 28.7. The Balaban J connectivity index is 2.08. The Bertz CT molecular complexity index is 340. The van der Waals surface area contributed by atoms with Gasteiger partial charge < -0.3 is 4.74 Å². The van der Waals surface area contributed by atoms with Gasteiger partial charge in [-0.1, -0.05) is 6.92 Å². The van der Waals surface area contributed by atoms with Crippen LogP contribution in [0.1, 0.15) is 39.0 Å². The van der Waals surface area contributed by atoms with Gasteiger partial charge in [0.1, 0.15) is 0 Å². The summed E-state index contributed by atoms with van der Waals surface area (Å²) in [7, 11) is 2.11. The molecule has 0 amide bonds. The van der Waals surface area contributed by atoms with Gasteiger partial charge in [0.25, 0.3) is 0 Å². The molecule has 0 aromatic carbocycles. The highest BCUT2D eigenvalue weighted by Crippen LogP contribution is 2.54. The number of hydrogen-bond acceptors (Lipinski definition) is 3. The molecule has 0 radical (unpaired) electrons. The van der Waals surface area contributed by atoms with Crippen LogP contribution in [0.5, 0.6) is 0 Å². The lowest BCUT2D eigenvalue weighted by molar-refractivity contribution is 0.0185. The van der Waals surface area contributed by atoms with Crippen molar-refractivity contribution in [3.05, 3.63) is 0 Å². The molecule has 2 fully saturated rings. The second kappa shape index (κ2) is 3.60. The van der Waals surface area contributed by atoms with Crippen molar-refractivity contribution in [2.24, 2.45) is 5.41 Å². The van der Waals surface area contributed by atoms with Crippen molar-refractivity contribution in [3.8, 4) is 0 Å². The summed E-state index contributed by atoms with van der Waals surface area (Å²) in [5.41, 5.74) is 0.0940. The zero-order valence-corrected chi connectivity index (χ0v) is 10.5. The number of halogens is 1. The lowest BCUT2D eigenvalue weighted by Gasteiger charge is -2.35. The zero-order valence-electron chi connectivity index (χ0n) is 8.96. The van der Waals surface area contributed by atoms with Gasteiger partial charge in [-0.05, 0) is 37.5 Å². The molecule has 0 N–H and O–H groups in total. The SMILES string of the molecule is CC1(CC2(S(=O)(=O)Cl)CC2)CCOCC1. The van der Waals surface area contributed by atoms with Crippen molar-refractivity contribution in [1.29, 1.82) is 0 Å². The third kappa shape index (κ3) is 2.32. The summed E-state index contributed by atoms with van der Waals surface area (Å²) < 4.78 is 27.6. The molecule has 3 nitrogen and oxygen atoms in total. The average Bonchev–Trinajstić information content (AvgIpc) is 2.84. The van der Waals surface area contributed by atoms with E-state index in [0.717, 1.165) is 38.9 Å². The van der Waals surface area contributed by atoms with Crippen LogP contribution >= 0.6 is 10.7 Å². The van der Waals surface area contributed by atoms with Gasteiger partial charge in [-0.15, -0.1) is 0 Å². The van der Waals surface area contributed by atoms with Gasteiger partial charge in [0.15, 0.2) is 0 Å². The Morgan fingerprint density at radius 1 is 1.20 bits per heavy atom. The van der Waals surface area contributed by atoms with Crippen LogP contribution in [0.15, 0.2) is 0 Å². The van der Waals surface area contributed by atoms with Gasteiger partial charge in [0, 0.05) is 23.9 Å². The summed E-state index contributed by atoms with van der Waals surface area (Å²) in [4.78, 5) is 0. The van der Waals surface area contributed by atoms with E-state index in [9.17, 15) is 8.42 Å². The van der Waals surface area contributed by atoms with E-state index in [4.69, 9.17) is 15.4 Å². The third-order valence-electron chi connectivity index (χ3n) is 3.77. The van der Waals surface area contributed by atoms with Crippen LogP contribution in [0.25, 0.3) is 0 Å². The molecule has 0 unspecified atom stereocenters. The summed E-state index contributed by atoms with van der Waals surface area (Å²) in [6.07, 6.45) is 4.06. The average molecular weight is 253 g/mol. The van der Waals surface area contributed by atoms with Crippen LogP contribution in [0.3, 0.4) is 0 Å². The van der Waals surface area contributed by atoms with Gasteiger partial charge in [0.05, 0.1) is 4.75 Å². The number of ether oxygens (including phenoxy) is 1. The van der Waals surface area contributed by atoms with Crippen molar-refractivity contribution >= 4 is 19.7 Å². The Hall–Kier alpha value is 0.200. The molecule has 5 heteroatoms. The topological polar surface area (TPSA) is 43.4 Å². The largest absolute Gasteiger partial charge is 0.381 e. The highest BCUT2D eigenvalue weighted by molar-refractivity contribution is 8.15. The highest BCUT2D eigenvalue weighted by atomic mass is 35.7. The first kappa shape index (κ1) is 11.7. The molecule has 0 atom stereocenters. The summed E-state index contributed by atoms with van der Waals surface area (Å²) in [5.74, 6) is 0. The monoisotopic (exact) mass is 252 g/mol. The molecule has 1 aliphatic carbocycles. The molecule has 0 bridgehead atoms. The molecule has 1 aliphatic heterocycles. The molecule has 2 aliphatic rings. The van der Waals surface area contributed by atoms with Gasteiger partial charge >= 0.3 is 0 Å². The van der Waals surface area contributed by atoms with Crippen LogP contribution in [0.2, 0.25) is 0 Å². The highest BCUT2D eigenvalue weighted by Gasteiger charge is 2.56. The fourth-order valence-corrected chi connectivity index (χ4v) is 4.20. The summed E-state index contributed by atoms with van der Waals surface area (Å²) in [6, 6.07) is 0. The van der Waals surface area contributed by atoms with Crippen LogP contribution in [-0.2, 0) is 13.8 Å². The van der Waals surface area contributed by atoms with E-state index < -0.39 is 13.8 Å². The van der Waals surface area contributed by atoms with E-state index in [1.54, 1.807) is 0 Å². The van der Waals surface area contributed by atoms with Crippen molar-refractivity contribution in [3.63, 3.8) is 0 Å². The van der Waals surface area contributed by atoms with Crippen LogP contribution in [-0.4, -0.2) is 26.4 Å². The predicted octanol–water partition coefficient (Wildman–Crippen LogP) is 2.29. The molecule has 1 saturated carbocycles. The minimum atomic E-state index is -3.40. The van der Waals surface area contributed by atoms with Gasteiger partial charge in [-0.3, -0.25) is 0 Å². The van der Waals surface area contributed by atoms with Gasteiger partial charge in [-0.25, -0.2) is 8.42 Å². The van der Waals surface area contributed by atoms with Crippen LogP contribution in [0, 0.1) is 5.41 Å². The van der Waals surface area contributed by atoms with Gasteiger partial charge in [0.2, 0.25) is 9.05 Å². The minimum absolute atomic E-state index is 0.0940. The third-order valence-corrected chi connectivity index (χ3v) is 6.34. The fourth-order valence-electron chi connectivity index (χ4n) is 2.46.